The zero-order valence-corrected chi connectivity index (χ0v) is 20.6. The second kappa shape index (κ2) is 7.69. The van der Waals surface area contributed by atoms with Crippen LogP contribution >= 0.6 is 11.3 Å². The van der Waals surface area contributed by atoms with Crippen LogP contribution in [0.15, 0.2) is 85.3 Å². The van der Waals surface area contributed by atoms with Crippen LogP contribution in [0, 0.1) is 0 Å². The number of nitrogens with zero attached hydrogens (tertiary/aromatic N) is 2. The summed E-state index contributed by atoms with van der Waals surface area (Å²) in [5.74, 6) is 0.907. The third-order valence-corrected chi connectivity index (χ3v) is 8.81. The first-order valence-electron chi connectivity index (χ1n) is 12.3. The maximum Gasteiger partial charge on any atom is 0.212 e. The van der Waals surface area contributed by atoms with E-state index in [2.05, 4.69) is 68.7 Å². The minimum Gasteiger partial charge on any atom is -0.464 e. The second-order valence-electron chi connectivity index (χ2n) is 9.77. The normalized spacial score (nSPS) is 23.5. The molecule has 4 atom stereocenters. The summed E-state index contributed by atoms with van der Waals surface area (Å²) >= 11 is 1.75. The Morgan fingerprint density at radius 1 is 1.00 bits per heavy atom. The first-order chi connectivity index (χ1) is 18.2. The van der Waals surface area contributed by atoms with Gasteiger partial charge in [-0.3, -0.25) is 20.2 Å². The van der Waals surface area contributed by atoms with Gasteiger partial charge in [0.15, 0.2) is 0 Å². The number of rotatable bonds is 4. The fourth-order valence-electron chi connectivity index (χ4n) is 5.60. The molecule has 0 aliphatic carbocycles. The molecule has 0 spiro atoms. The molecule has 0 amide bonds. The lowest BCUT2D eigenvalue weighted by Crippen LogP contribution is -2.40. The van der Waals surface area contributed by atoms with Gasteiger partial charge in [-0.2, -0.15) is 0 Å². The molecule has 0 bridgehead atoms. The molecule has 3 aliphatic heterocycles. The van der Waals surface area contributed by atoms with E-state index in [-0.39, 0.29) is 6.23 Å². The lowest BCUT2D eigenvalue weighted by Gasteiger charge is -2.31. The maximum atomic E-state index is 6.82. The summed E-state index contributed by atoms with van der Waals surface area (Å²) in [7, 11) is 0. The van der Waals surface area contributed by atoms with Crippen LogP contribution in [0.2, 0.25) is 0 Å². The molecule has 3 aliphatic rings. The van der Waals surface area contributed by atoms with Crippen molar-refractivity contribution >= 4 is 27.9 Å². The fourth-order valence-corrected chi connectivity index (χ4v) is 6.64. The van der Waals surface area contributed by atoms with Gasteiger partial charge in [0, 0.05) is 34.4 Å². The maximum absolute atomic E-state index is 6.82. The van der Waals surface area contributed by atoms with Crippen molar-refractivity contribution in [2.75, 3.05) is 0 Å². The number of thiophene rings is 1. The lowest BCUT2D eigenvalue weighted by atomic mass is 9.95. The van der Waals surface area contributed by atoms with Crippen LogP contribution in [-0.4, -0.2) is 21.8 Å². The zero-order chi connectivity index (χ0) is 24.7. The quantitative estimate of drug-likeness (QED) is 0.268. The molecule has 37 heavy (non-hydrogen) atoms. The van der Waals surface area contributed by atoms with Crippen molar-refractivity contribution < 1.29 is 4.74 Å². The van der Waals surface area contributed by atoms with Crippen LogP contribution in [0.25, 0.3) is 38.3 Å². The molecule has 0 saturated carbocycles. The van der Waals surface area contributed by atoms with Gasteiger partial charge in [0.05, 0.1) is 40.0 Å². The van der Waals surface area contributed by atoms with Gasteiger partial charge in [-0.15, -0.1) is 11.3 Å². The highest BCUT2D eigenvalue weighted by atomic mass is 32.1. The van der Waals surface area contributed by atoms with Crippen molar-refractivity contribution in [3.05, 3.63) is 101 Å². The Morgan fingerprint density at radius 3 is 2.68 bits per heavy atom. The Hall–Kier alpha value is -4.11. The molecular weight excluding hydrogens is 480 g/mol. The zero-order valence-electron chi connectivity index (χ0n) is 19.8. The van der Waals surface area contributed by atoms with Gasteiger partial charge in [0.25, 0.3) is 0 Å². The molecule has 0 radical (unpaired) electrons. The van der Waals surface area contributed by atoms with Crippen LogP contribution in [0.4, 0.5) is 0 Å². The van der Waals surface area contributed by atoms with Gasteiger partial charge >= 0.3 is 0 Å². The Kier molecular flexibility index (Phi) is 4.37. The topological polar surface area (TPSA) is 113 Å². The largest absolute Gasteiger partial charge is 0.464 e. The molecular formula is C29H24N6OS. The molecule has 182 valence electrons. The van der Waals surface area contributed by atoms with Crippen molar-refractivity contribution in [3.8, 4) is 27.4 Å². The summed E-state index contributed by atoms with van der Waals surface area (Å²) in [4.78, 5) is 6.49. The molecule has 6 N–H and O–H groups in total. The van der Waals surface area contributed by atoms with Crippen LogP contribution in [0.3, 0.4) is 0 Å². The number of nitrogens with two attached hydrogens (primary N) is 2. The van der Waals surface area contributed by atoms with E-state index in [1.54, 1.807) is 11.3 Å². The van der Waals surface area contributed by atoms with Crippen molar-refractivity contribution in [3.63, 3.8) is 0 Å². The Balaban J connectivity index is 1.29. The first-order valence-corrected chi connectivity index (χ1v) is 13.2. The van der Waals surface area contributed by atoms with Gasteiger partial charge in [0.2, 0.25) is 6.23 Å². The number of hydrogen-bond donors (Lipinski definition) is 4. The minimum atomic E-state index is -0.287. The highest BCUT2D eigenvalue weighted by Crippen LogP contribution is 2.48. The van der Waals surface area contributed by atoms with Gasteiger partial charge in [0.1, 0.15) is 5.75 Å². The standard InChI is InChI=1S/C29H24N6OS/c30-14-20(31)16-2-4-21-18(11-16)12-22-19-3-1-17(26-27-28(33-26)34-27)13-23(19)36-29(35(21)22)25-6-5-24(37-25)15-7-9-32-10-8-15/h1-14,26-29,33-34H,30-31H2/b20-14-/t26?,27?,28-,29?/m0/s1. The molecule has 8 rings (SSSR count). The summed E-state index contributed by atoms with van der Waals surface area (Å²) in [6.45, 7) is 0. The van der Waals surface area contributed by atoms with E-state index in [0.717, 1.165) is 43.9 Å². The van der Waals surface area contributed by atoms with E-state index in [0.29, 0.717) is 23.9 Å². The molecule has 5 aromatic rings. The SMILES string of the molecule is N/C=C(\N)c1ccc2c(c1)cc1n2C(c2ccc(-c3ccncc3)s2)Oc2cc(C3N[C@H]4NC34)ccc2-1. The van der Waals surface area contributed by atoms with Crippen LogP contribution < -0.4 is 26.8 Å². The monoisotopic (exact) mass is 504 g/mol. The molecule has 7 nitrogen and oxygen atoms in total. The number of fused-ring (bicyclic) bond motifs is 6. The number of aromatic nitrogens is 2. The van der Waals surface area contributed by atoms with Gasteiger partial charge in [-0.05, 0) is 71.3 Å². The smallest absolute Gasteiger partial charge is 0.212 e. The third-order valence-electron chi connectivity index (χ3n) is 7.64. The van der Waals surface area contributed by atoms with E-state index >= 15 is 0 Å². The Labute approximate surface area is 217 Å². The molecule has 2 fully saturated rings. The number of hydrogen-bond acceptors (Lipinski definition) is 7. The molecule has 2 saturated heterocycles. The van der Waals surface area contributed by atoms with E-state index in [1.165, 1.54) is 16.6 Å². The summed E-state index contributed by atoms with van der Waals surface area (Å²) in [5, 5.41) is 8.12. The lowest BCUT2D eigenvalue weighted by molar-refractivity contribution is 0.176. The number of ether oxygens (including phenoxy) is 1. The molecule has 2 aromatic carbocycles. The fraction of sp³-hybridized carbons (Fsp3) is 0.138. The van der Waals surface area contributed by atoms with E-state index < -0.39 is 0 Å². The van der Waals surface area contributed by atoms with Crippen LogP contribution in [0.5, 0.6) is 5.75 Å². The summed E-state index contributed by atoms with van der Waals surface area (Å²) in [6, 6.07) is 24.3. The molecule has 8 heteroatoms. The van der Waals surface area contributed by atoms with E-state index in [9.17, 15) is 0 Å². The van der Waals surface area contributed by atoms with Gasteiger partial charge in [-0.25, -0.2) is 0 Å². The third kappa shape index (κ3) is 3.16. The minimum absolute atomic E-state index is 0.287. The van der Waals surface area contributed by atoms with Gasteiger partial charge in [-0.1, -0.05) is 12.1 Å². The predicted octanol–water partition coefficient (Wildman–Crippen LogP) is 4.53. The number of nitrogens with one attached hydrogen (secondary N) is 2. The average molecular weight is 505 g/mol. The average Bonchev–Trinajstić information content (AvgIpc) is 3.28. The van der Waals surface area contributed by atoms with E-state index in [1.807, 2.05) is 30.6 Å². The summed E-state index contributed by atoms with van der Waals surface area (Å²) in [6.07, 6.45) is 5.28. The van der Waals surface area contributed by atoms with E-state index in [4.69, 9.17) is 16.2 Å². The highest BCUT2D eigenvalue weighted by Gasteiger charge is 2.53. The van der Waals surface area contributed by atoms with Crippen molar-refractivity contribution in [1.82, 2.24) is 20.2 Å². The summed E-state index contributed by atoms with van der Waals surface area (Å²) < 4.78 is 9.12. The Bertz CT molecular complexity index is 1720. The van der Waals surface area contributed by atoms with Crippen molar-refractivity contribution in [2.24, 2.45) is 11.5 Å². The summed E-state index contributed by atoms with van der Waals surface area (Å²) in [5.41, 5.74) is 19.0. The molecule has 6 heterocycles. The Morgan fingerprint density at radius 2 is 1.89 bits per heavy atom. The number of pyridine rings is 1. The van der Waals surface area contributed by atoms with Crippen LogP contribution in [0.1, 0.15) is 28.3 Å². The second-order valence-corrected chi connectivity index (χ2v) is 10.9. The van der Waals surface area contributed by atoms with Crippen molar-refractivity contribution in [2.45, 2.75) is 24.5 Å². The van der Waals surface area contributed by atoms with Crippen molar-refractivity contribution in [1.29, 1.82) is 0 Å². The molecule has 3 aromatic heterocycles. The van der Waals surface area contributed by atoms with Crippen LogP contribution in [-0.2, 0) is 0 Å². The number of benzene rings is 2. The first kappa shape index (κ1) is 21.0. The highest BCUT2D eigenvalue weighted by molar-refractivity contribution is 7.15. The van der Waals surface area contributed by atoms with Gasteiger partial charge < -0.3 is 16.2 Å². The molecule has 3 unspecified atom stereocenters. The predicted molar refractivity (Wildman–Crippen MR) is 147 cm³/mol.